The molecule has 0 fully saturated rings. The molecular formula is C19H18N6OS. The number of carbonyl (C=O) groups is 1. The third kappa shape index (κ3) is 3.70. The molecule has 8 heteroatoms. The lowest BCUT2D eigenvalue weighted by Gasteiger charge is -2.04. The van der Waals surface area contributed by atoms with Gasteiger partial charge in [-0.05, 0) is 31.9 Å². The molecule has 0 spiro atoms. The summed E-state index contributed by atoms with van der Waals surface area (Å²) in [6.45, 7) is 4.40. The summed E-state index contributed by atoms with van der Waals surface area (Å²) >= 11 is 1.64. The Morgan fingerprint density at radius 1 is 1.15 bits per heavy atom. The standard InChI is InChI=1S/C19H18N6OS/c1-12-7-9-21-19-23-17(24-25(12)19)18(26)20-10-8-14-3-5-15(6-4-14)16-11-27-13(2)22-16/h3-7,9,11H,8,10H2,1-2H3,(H,20,26). The molecule has 3 aromatic heterocycles. The fourth-order valence-corrected chi connectivity index (χ4v) is 3.36. The van der Waals surface area contributed by atoms with Crippen molar-refractivity contribution in [2.75, 3.05) is 6.54 Å². The molecule has 1 N–H and O–H groups in total. The second kappa shape index (κ2) is 7.24. The third-order valence-corrected chi connectivity index (χ3v) is 4.97. The second-order valence-corrected chi connectivity index (χ2v) is 7.25. The summed E-state index contributed by atoms with van der Waals surface area (Å²) in [5, 5.41) is 10.2. The Labute approximate surface area is 160 Å². The van der Waals surface area contributed by atoms with Crippen LogP contribution in [0.25, 0.3) is 17.0 Å². The molecule has 0 aliphatic heterocycles. The largest absolute Gasteiger partial charge is 0.349 e. The van der Waals surface area contributed by atoms with Gasteiger partial charge in [-0.1, -0.05) is 24.3 Å². The SMILES string of the molecule is Cc1nc(-c2ccc(CCNC(=O)c3nc4nccc(C)n4n3)cc2)cs1. The smallest absolute Gasteiger partial charge is 0.291 e. The maximum Gasteiger partial charge on any atom is 0.291 e. The van der Waals surface area contributed by atoms with Gasteiger partial charge in [0.1, 0.15) is 0 Å². The highest BCUT2D eigenvalue weighted by atomic mass is 32.1. The van der Waals surface area contributed by atoms with Crippen molar-refractivity contribution >= 4 is 23.0 Å². The highest BCUT2D eigenvalue weighted by Crippen LogP contribution is 2.21. The predicted octanol–water partition coefficient (Wildman–Crippen LogP) is 2.84. The van der Waals surface area contributed by atoms with Crippen LogP contribution < -0.4 is 5.32 Å². The van der Waals surface area contributed by atoms with Crippen LogP contribution >= 0.6 is 11.3 Å². The van der Waals surface area contributed by atoms with Gasteiger partial charge in [0.25, 0.3) is 11.7 Å². The molecule has 0 aliphatic rings. The molecule has 0 atom stereocenters. The van der Waals surface area contributed by atoms with Gasteiger partial charge < -0.3 is 5.32 Å². The molecule has 27 heavy (non-hydrogen) atoms. The zero-order chi connectivity index (χ0) is 18.8. The molecule has 0 bridgehead atoms. The normalized spacial score (nSPS) is 11.0. The average molecular weight is 378 g/mol. The Hall–Kier alpha value is -3.13. The Kier molecular flexibility index (Phi) is 4.64. The fourth-order valence-electron chi connectivity index (χ4n) is 2.74. The number of hydrogen-bond acceptors (Lipinski definition) is 6. The minimum atomic E-state index is -0.297. The molecular weight excluding hydrogens is 360 g/mol. The van der Waals surface area contributed by atoms with Gasteiger partial charge in [0.15, 0.2) is 0 Å². The number of thiazole rings is 1. The van der Waals surface area contributed by atoms with Gasteiger partial charge in [0.05, 0.1) is 10.7 Å². The first-order valence-corrected chi connectivity index (χ1v) is 9.46. The molecule has 3 heterocycles. The van der Waals surface area contributed by atoms with Gasteiger partial charge in [0.2, 0.25) is 5.82 Å². The van der Waals surface area contributed by atoms with E-state index in [-0.39, 0.29) is 11.7 Å². The molecule has 4 rings (SSSR count). The minimum Gasteiger partial charge on any atom is -0.349 e. The molecule has 4 aromatic rings. The van der Waals surface area contributed by atoms with E-state index in [1.165, 1.54) is 0 Å². The fraction of sp³-hybridized carbons (Fsp3) is 0.211. The number of nitrogens with zero attached hydrogens (tertiary/aromatic N) is 5. The quantitative estimate of drug-likeness (QED) is 0.577. The number of aryl methyl sites for hydroxylation is 2. The summed E-state index contributed by atoms with van der Waals surface area (Å²) in [6.07, 6.45) is 2.38. The monoisotopic (exact) mass is 378 g/mol. The first kappa shape index (κ1) is 17.3. The van der Waals surface area contributed by atoms with Crippen molar-refractivity contribution in [1.82, 2.24) is 29.9 Å². The Morgan fingerprint density at radius 3 is 2.67 bits per heavy atom. The Morgan fingerprint density at radius 2 is 1.96 bits per heavy atom. The van der Waals surface area contributed by atoms with Crippen molar-refractivity contribution in [2.24, 2.45) is 0 Å². The molecule has 0 unspecified atom stereocenters. The lowest BCUT2D eigenvalue weighted by Crippen LogP contribution is -2.26. The average Bonchev–Trinajstić information content (AvgIpc) is 3.29. The lowest BCUT2D eigenvalue weighted by atomic mass is 10.1. The number of nitrogens with one attached hydrogen (secondary N) is 1. The summed E-state index contributed by atoms with van der Waals surface area (Å²) in [4.78, 5) is 25.0. The number of hydrogen-bond donors (Lipinski definition) is 1. The highest BCUT2D eigenvalue weighted by molar-refractivity contribution is 7.09. The first-order valence-electron chi connectivity index (χ1n) is 8.58. The van der Waals surface area contributed by atoms with Gasteiger partial charge in [-0.15, -0.1) is 16.4 Å². The van der Waals surface area contributed by atoms with Crippen molar-refractivity contribution in [3.63, 3.8) is 0 Å². The summed E-state index contributed by atoms with van der Waals surface area (Å²) in [5.74, 6) is 0.258. The van der Waals surface area contributed by atoms with Crippen molar-refractivity contribution in [1.29, 1.82) is 0 Å². The zero-order valence-electron chi connectivity index (χ0n) is 15.0. The van der Waals surface area contributed by atoms with Crippen LogP contribution in [0.3, 0.4) is 0 Å². The first-order chi connectivity index (χ1) is 13.1. The number of amides is 1. The van der Waals surface area contributed by atoms with Crippen LogP contribution in [0.5, 0.6) is 0 Å². The van der Waals surface area contributed by atoms with E-state index in [1.807, 2.05) is 19.9 Å². The predicted molar refractivity (Wildman–Crippen MR) is 104 cm³/mol. The summed E-state index contributed by atoms with van der Waals surface area (Å²) in [7, 11) is 0. The number of rotatable bonds is 5. The molecule has 0 saturated carbocycles. The molecule has 0 saturated heterocycles. The molecule has 136 valence electrons. The van der Waals surface area contributed by atoms with Crippen LogP contribution in [0.4, 0.5) is 0 Å². The molecule has 0 radical (unpaired) electrons. The van der Waals surface area contributed by atoms with Gasteiger partial charge >= 0.3 is 0 Å². The highest BCUT2D eigenvalue weighted by Gasteiger charge is 2.13. The van der Waals surface area contributed by atoms with Crippen molar-refractivity contribution < 1.29 is 4.79 Å². The van der Waals surface area contributed by atoms with Crippen LogP contribution in [0.15, 0.2) is 41.9 Å². The zero-order valence-corrected chi connectivity index (χ0v) is 15.8. The van der Waals surface area contributed by atoms with Crippen LogP contribution in [0.1, 0.15) is 26.9 Å². The summed E-state index contributed by atoms with van der Waals surface area (Å²) in [5.41, 5.74) is 4.12. The molecule has 0 aliphatic carbocycles. The van der Waals surface area contributed by atoms with Crippen LogP contribution in [-0.4, -0.2) is 37.0 Å². The van der Waals surface area contributed by atoms with E-state index in [0.29, 0.717) is 12.3 Å². The van der Waals surface area contributed by atoms with E-state index >= 15 is 0 Å². The number of aromatic nitrogens is 5. The summed E-state index contributed by atoms with van der Waals surface area (Å²) < 4.78 is 1.56. The minimum absolute atomic E-state index is 0.131. The van der Waals surface area contributed by atoms with E-state index in [0.717, 1.165) is 33.9 Å². The van der Waals surface area contributed by atoms with Crippen LogP contribution in [0, 0.1) is 13.8 Å². The van der Waals surface area contributed by atoms with Gasteiger partial charge in [0, 0.05) is 29.4 Å². The Balaban J connectivity index is 1.36. The molecule has 1 amide bonds. The van der Waals surface area contributed by atoms with Crippen LogP contribution in [0.2, 0.25) is 0 Å². The van der Waals surface area contributed by atoms with Crippen molar-refractivity contribution in [3.05, 3.63) is 64.0 Å². The number of benzene rings is 1. The Bertz CT molecular complexity index is 1100. The lowest BCUT2D eigenvalue weighted by molar-refractivity contribution is 0.0944. The van der Waals surface area contributed by atoms with E-state index in [1.54, 1.807) is 22.0 Å². The second-order valence-electron chi connectivity index (χ2n) is 6.19. The molecule has 1 aromatic carbocycles. The van der Waals surface area contributed by atoms with E-state index in [9.17, 15) is 4.79 Å². The van der Waals surface area contributed by atoms with Gasteiger partial charge in [-0.2, -0.15) is 4.98 Å². The van der Waals surface area contributed by atoms with E-state index < -0.39 is 0 Å². The van der Waals surface area contributed by atoms with Crippen molar-refractivity contribution in [2.45, 2.75) is 20.3 Å². The third-order valence-electron chi connectivity index (χ3n) is 4.20. The van der Waals surface area contributed by atoms with E-state index in [4.69, 9.17) is 0 Å². The maximum atomic E-state index is 12.3. The molecule has 7 nitrogen and oxygen atoms in total. The summed E-state index contributed by atoms with van der Waals surface area (Å²) in [6, 6.07) is 10.1. The maximum absolute atomic E-state index is 12.3. The van der Waals surface area contributed by atoms with Crippen LogP contribution in [-0.2, 0) is 6.42 Å². The van der Waals surface area contributed by atoms with Gasteiger partial charge in [-0.3, -0.25) is 4.79 Å². The number of carbonyl (C=O) groups excluding carboxylic acids is 1. The van der Waals surface area contributed by atoms with Crippen molar-refractivity contribution in [3.8, 4) is 11.3 Å². The van der Waals surface area contributed by atoms with E-state index in [2.05, 4.69) is 55.0 Å². The topological polar surface area (TPSA) is 85.1 Å². The number of fused-ring (bicyclic) bond motifs is 1. The van der Waals surface area contributed by atoms with Gasteiger partial charge in [-0.25, -0.2) is 14.5 Å².